The number of carbonyl (C=O) groups excluding carboxylic acids is 1. The Morgan fingerprint density at radius 1 is 1.03 bits per heavy atom. The Bertz CT molecular complexity index is 1380. The molecule has 1 aliphatic heterocycles. The predicted octanol–water partition coefficient (Wildman–Crippen LogP) is 4.85. The average Bonchev–Trinajstić information content (AvgIpc) is 2.94. The zero-order valence-electron chi connectivity index (χ0n) is 21.0. The van der Waals surface area contributed by atoms with Gasteiger partial charge in [0.05, 0.1) is 17.8 Å². The second-order valence-corrected chi connectivity index (χ2v) is 9.79. The highest BCUT2D eigenvalue weighted by Gasteiger charge is 2.37. The van der Waals surface area contributed by atoms with Gasteiger partial charge in [-0.2, -0.15) is 0 Å². The van der Waals surface area contributed by atoms with Crippen molar-refractivity contribution in [3.63, 3.8) is 0 Å². The molecule has 190 valence electrons. The van der Waals surface area contributed by atoms with Crippen LogP contribution in [0.1, 0.15) is 46.3 Å². The van der Waals surface area contributed by atoms with Crippen LogP contribution in [0.2, 0.25) is 0 Å². The van der Waals surface area contributed by atoms with Crippen LogP contribution in [0.5, 0.6) is 5.75 Å². The quantitative estimate of drug-likeness (QED) is 0.340. The molecule has 6 heteroatoms. The first kappa shape index (κ1) is 25.1. The monoisotopic (exact) mass is 496 g/mol. The van der Waals surface area contributed by atoms with Gasteiger partial charge in [-0.25, -0.2) is 0 Å². The van der Waals surface area contributed by atoms with E-state index in [1.807, 2.05) is 78.7 Å². The van der Waals surface area contributed by atoms with Crippen molar-refractivity contribution in [3.8, 4) is 5.75 Å². The number of hydrogen-bond acceptors (Lipinski definition) is 6. The SMILES string of the molecule is Cc1ccc(OCC[C@H](O)N2CCC(O)(c3cncc4ccccc34)CC2)c(C(=O)c2ccccc2)c1. The Balaban J connectivity index is 1.19. The van der Waals surface area contributed by atoms with E-state index in [2.05, 4.69) is 4.98 Å². The molecule has 37 heavy (non-hydrogen) atoms. The third-order valence-electron chi connectivity index (χ3n) is 7.27. The first-order valence-electron chi connectivity index (χ1n) is 12.8. The summed E-state index contributed by atoms with van der Waals surface area (Å²) in [5.41, 5.74) is 1.98. The van der Waals surface area contributed by atoms with Gasteiger partial charge in [0.25, 0.3) is 0 Å². The number of aliphatic hydroxyl groups is 2. The number of likely N-dealkylation sites (tertiary alicyclic amines) is 1. The van der Waals surface area contributed by atoms with E-state index in [1.165, 1.54) is 0 Å². The van der Waals surface area contributed by atoms with Crippen LogP contribution in [0.25, 0.3) is 10.8 Å². The normalized spacial score (nSPS) is 16.4. The maximum Gasteiger partial charge on any atom is 0.196 e. The van der Waals surface area contributed by atoms with Gasteiger partial charge in [0.15, 0.2) is 5.78 Å². The fourth-order valence-electron chi connectivity index (χ4n) is 5.10. The van der Waals surface area contributed by atoms with Crippen LogP contribution in [0.4, 0.5) is 0 Å². The van der Waals surface area contributed by atoms with Crippen LogP contribution in [-0.4, -0.2) is 51.8 Å². The molecule has 0 saturated carbocycles. The molecule has 4 aromatic rings. The summed E-state index contributed by atoms with van der Waals surface area (Å²) in [5.74, 6) is 0.432. The first-order valence-corrected chi connectivity index (χ1v) is 12.8. The molecule has 2 N–H and O–H groups in total. The summed E-state index contributed by atoms with van der Waals surface area (Å²) in [6, 6.07) is 22.7. The van der Waals surface area contributed by atoms with Gasteiger partial charge in [0, 0.05) is 48.4 Å². The molecule has 0 aliphatic carbocycles. The van der Waals surface area contributed by atoms with Crippen molar-refractivity contribution in [2.24, 2.45) is 0 Å². The zero-order valence-corrected chi connectivity index (χ0v) is 21.0. The predicted molar refractivity (Wildman–Crippen MR) is 144 cm³/mol. The van der Waals surface area contributed by atoms with Crippen LogP contribution in [-0.2, 0) is 5.60 Å². The molecule has 0 bridgehead atoms. The van der Waals surface area contributed by atoms with Gasteiger partial charge >= 0.3 is 0 Å². The van der Waals surface area contributed by atoms with E-state index in [1.54, 1.807) is 18.3 Å². The van der Waals surface area contributed by atoms with E-state index < -0.39 is 11.8 Å². The summed E-state index contributed by atoms with van der Waals surface area (Å²) in [5, 5.41) is 24.3. The molecule has 0 radical (unpaired) electrons. The summed E-state index contributed by atoms with van der Waals surface area (Å²) in [6.45, 7) is 3.33. The van der Waals surface area contributed by atoms with Gasteiger partial charge in [-0.1, -0.05) is 66.2 Å². The lowest BCUT2D eigenvalue weighted by molar-refractivity contribution is -0.0814. The highest BCUT2D eigenvalue weighted by atomic mass is 16.5. The number of ketones is 1. The van der Waals surface area contributed by atoms with Crippen molar-refractivity contribution in [3.05, 3.63) is 107 Å². The van der Waals surface area contributed by atoms with Crippen LogP contribution in [0.15, 0.2) is 85.2 Å². The molecule has 1 aliphatic rings. The average molecular weight is 497 g/mol. The maximum atomic E-state index is 13.1. The number of rotatable bonds is 8. The number of nitrogens with zero attached hydrogens (tertiary/aromatic N) is 2. The van der Waals surface area contributed by atoms with Gasteiger partial charge in [-0.3, -0.25) is 14.7 Å². The van der Waals surface area contributed by atoms with Crippen molar-refractivity contribution in [1.29, 1.82) is 0 Å². The van der Waals surface area contributed by atoms with E-state index in [-0.39, 0.29) is 12.4 Å². The molecule has 1 atom stereocenters. The van der Waals surface area contributed by atoms with Gasteiger partial charge in [0.2, 0.25) is 0 Å². The van der Waals surface area contributed by atoms with Gasteiger partial charge in [0.1, 0.15) is 12.0 Å². The molecular weight excluding hydrogens is 464 g/mol. The van der Waals surface area contributed by atoms with Crippen LogP contribution in [0, 0.1) is 6.92 Å². The van der Waals surface area contributed by atoms with Crippen molar-refractivity contribution in [2.45, 2.75) is 38.0 Å². The summed E-state index contributed by atoms with van der Waals surface area (Å²) < 4.78 is 5.99. The Labute approximate surface area is 217 Å². The molecule has 3 aromatic carbocycles. The summed E-state index contributed by atoms with van der Waals surface area (Å²) in [7, 11) is 0. The fourth-order valence-corrected chi connectivity index (χ4v) is 5.10. The second-order valence-electron chi connectivity index (χ2n) is 9.79. The van der Waals surface area contributed by atoms with Crippen molar-refractivity contribution < 1.29 is 19.7 Å². The number of fused-ring (bicyclic) bond motifs is 1. The molecule has 0 amide bonds. The minimum atomic E-state index is -0.977. The smallest absolute Gasteiger partial charge is 0.196 e. The number of ether oxygens (including phenoxy) is 1. The summed E-state index contributed by atoms with van der Waals surface area (Å²) in [4.78, 5) is 19.4. The number of benzene rings is 3. The molecule has 6 nitrogen and oxygen atoms in total. The Hall–Kier alpha value is -3.58. The molecule has 2 heterocycles. The number of aromatic nitrogens is 1. The minimum absolute atomic E-state index is 0.0851. The lowest BCUT2D eigenvalue weighted by atomic mass is 9.83. The van der Waals surface area contributed by atoms with E-state index in [0.717, 1.165) is 21.9 Å². The number of piperidine rings is 1. The Kier molecular flexibility index (Phi) is 7.33. The van der Waals surface area contributed by atoms with Crippen LogP contribution >= 0.6 is 0 Å². The number of hydrogen-bond donors (Lipinski definition) is 2. The zero-order chi connectivity index (χ0) is 25.8. The number of pyridine rings is 1. The number of carbonyl (C=O) groups is 1. The molecule has 0 unspecified atom stereocenters. The third-order valence-corrected chi connectivity index (χ3v) is 7.27. The summed E-state index contributed by atoms with van der Waals surface area (Å²) in [6.07, 6.45) is 4.28. The molecule has 5 rings (SSSR count). The van der Waals surface area contributed by atoms with E-state index in [4.69, 9.17) is 4.74 Å². The van der Waals surface area contributed by atoms with E-state index >= 15 is 0 Å². The molecule has 1 saturated heterocycles. The maximum absolute atomic E-state index is 13.1. The van der Waals surface area contributed by atoms with Crippen molar-refractivity contribution in [2.75, 3.05) is 19.7 Å². The highest BCUT2D eigenvalue weighted by Crippen LogP contribution is 2.37. The topological polar surface area (TPSA) is 82.9 Å². The van der Waals surface area contributed by atoms with E-state index in [9.17, 15) is 15.0 Å². The lowest BCUT2D eigenvalue weighted by Crippen LogP contribution is -2.47. The number of aliphatic hydroxyl groups excluding tert-OH is 1. The van der Waals surface area contributed by atoms with Gasteiger partial charge < -0.3 is 14.9 Å². The largest absolute Gasteiger partial charge is 0.493 e. The molecule has 1 fully saturated rings. The van der Waals surface area contributed by atoms with Crippen molar-refractivity contribution >= 4 is 16.6 Å². The highest BCUT2D eigenvalue weighted by molar-refractivity contribution is 6.10. The van der Waals surface area contributed by atoms with Crippen LogP contribution in [0.3, 0.4) is 0 Å². The molecular formula is C31H32N2O4. The Morgan fingerprint density at radius 3 is 2.54 bits per heavy atom. The van der Waals surface area contributed by atoms with Crippen molar-refractivity contribution in [1.82, 2.24) is 9.88 Å². The van der Waals surface area contributed by atoms with Gasteiger partial charge in [-0.15, -0.1) is 0 Å². The van der Waals surface area contributed by atoms with Gasteiger partial charge in [-0.05, 0) is 37.3 Å². The Morgan fingerprint density at radius 2 is 1.76 bits per heavy atom. The second kappa shape index (κ2) is 10.8. The molecule has 1 aromatic heterocycles. The minimum Gasteiger partial charge on any atom is -0.493 e. The van der Waals surface area contributed by atoms with E-state index in [0.29, 0.717) is 49.2 Å². The fraction of sp³-hybridized carbons (Fsp3) is 0.290. The molecule has 0 spiro atoms. The third kappa shape index (κ3) is 5.42. The lowest BCUT2D eigenvalue weighted by Gasteiger charge is -2.40. The number of aryl methyl sites for hydroxylation is 1. The first-order chi connectivity index (χ1) is 17.9. The standard InChI is InChI=1S/C31H32N2O4/c1-22-11-12-28(26(19-22)30(35)23-7-3-2-4-8-23)37-18-13-29(34)33-16-14-31(36,15-17-33)27-21-32-20-24-9-5-6-10-25(24)27/h2-12,19-21,29,34,36H,13-18H2,1H3/t29-/m0/s1. The summed E-state index contributed by atoms with van der Waals surface area (Å²) >= 11 is 0. The van der Waals surface area contributed by atoms with Crippen LogP contribution < -0.4 is 4.74 Å².